The van der Waals surface area contributed by atoms with E-state index in [4.69, 9.17) is 16.0 Å². The highest BCUT2D eigenvalue weighted by atomic mass is 35.5. The highest BCUT2D eigenvalue weighted by molar-refractivity contribution is 6.31. The molecule has 0 bridgehead atoms. The molecule has 1 saturated heterocycles. The molecule has 7 heteroatoms. The first-order valence-corrected chi connectivity index (χ1v) is 9.69. The molecule has 1 amide bonds. The van der Waals surface area contributed by atoms with Gasteiger partial charge in [-0.3, -0.25) is 9.36 Å². The fraction of sp³-hybridized carbons (Fsp3) is 0.333. The fourth-order valence-electron chi connectivity index (χ4n) is 3.68. The lowest BCUT2D eigenvalue weighted by molar-refractivity contribution is -0.132. The number of rotatable bonds is 3. The number of fused-ring (bicyclic) bond motifs is 1. The molecule has 1 aromatic heterocycles. The van der Waals surface area contributed by atoms with Crippen LogP contribution in [0.1, 0.15) is 11.1 Å². The van der Waals surface area contributed by atoms with Crippen molar-refractivity contribution in [3.63, 3.8) is 0 Å². The van der Waals surface area contributed by atoms with Crippen LogP contribution < -0.4 is 10.7 Å². The van der Waals surface area contributed by atoms with Crippen LogP contribution in [0.2, 0.25) is 5.02 Å². The van der Waals surface area contributed by atoms with Gasteiger partial charge in [-0.2, -0.15) is 0 Å². The zero-order valence-corrected chi connectivity index (χ0v) is 16.7. The second-order valence-corrected chi connectivity index (χ2v) is 7.66. The molecule has 3 aromatic rings. The SMILES string of the molecule is Cc1ccc(C)c(N2CCN(C(=O)Cn3c(=O)oc4cc(Cl)ccc43)CC2)c1. The third-order valence-corrected chi connectivity index (χ3v) is 5.50. The summed E-state index contributed by atoms with van der Waals surface area (Å²) in [5.41, 5.74) is 4.66. The molecule has 1 aliphatic heterocycles. The third-order valence-electron chi connectivity index (χ3n) is 5.26. The first kappa shape index (κ1) is 18.6. The van der Waals surface area contributed by atoms with Gasteiger partial charge < -0.3 is 14.2 Å². The summed E-state index contributed by atoms with van der Waals surface area (Å²) in [5.74, 6) is -0.625. The number of halogens is 1. The standard InChI is InChI=1S/C21H22ClN3O3/c1-14-3-4-15(2)18(11-14)23-7-9-24(10-8-23)20(26)13-25-17-6-5-16(22)12-19(17)28-21(25)27/h3-6,11-12H,7-10,13H2,1-2H3. The number of anilines is 1. The van der Waals surface area contributed by atoms with Crippen molar-refractivity contribution in [1.82, 2.24) is 9.47 Å². The Morgan fingerprint density at radius 3 is 2.57 bits per heavy atom. The van der Waals surface area contributed by atoms with Crippen molar-refractivity contribution >= 4 is 34.3 Å². The summed E-state index contributed by atoms with van der Waals surface area (Å²) in [5, 5.41) is 0.488. The summed E-state index contributed by atoms with van der Waals surface area (Å²) >= 11 is 5.94. The van der Waals surface area contributed by atoms with Crippen molar-refractivity contribution in [3.8, 4) is 0 Å². The lowest BCUT2D eigenvalue weighted by Gasteiger charge is -2.37. The first-order chi connectivity index (χ1) is 13.4. The summed E-state index contributed by atoms with van der Waals surface area (Å²) in [4.78, 5) is 29.0. The van der Waals surface area contributed by atoms with Gasteiger partial charge in [0.15, 0.2) is 5.58 Å². The van der Waals surface area contributed by atoms with Crippen molar-refractivity contribution in [2.24, 2.45) is 0 Å². The Labute approximate surface area is 167 Å². The van der Waals surface area contributed by atoms with E-state index >= 15 is 0 Å². The average molecular weight is 400 g/mol. The number of aromatic nitrogens is 1. The first-order valence-electron chi connectivity index (χ1n) is 9.31. The lowest BCUT2D eigenvalue weighted by atomic mass is 10.1. The fourth-order valence-corrected chi connectivity index (χ4v) is 3.84. The number of hydrogen-bond acceptors (Lipinski definition) is 4. The summed E-state index contributed by atoms with van der Waals surface area (Å²) in [6.07, 6.45) is 0. The van der Waals surface area contributed by atoms with E-state index in [-0.39, 0.29) is 12.5 Å². The molecule has 28 heavy (non-hydrogen) atoms. The molecule has 2 heterocycles. The summed E-state index contributed by atoms with van der Waals surface area (Å²) < 4.78 is 6.58. The molecular weight excluding hydrogens is 378 g/mol. The van der Waals surface area contributed by atoms with Crippen molar-refractivity contribution < 1.29 is 9.21 Å². The molecule has 2 aromatic carbocycles. The average Bonchev–Trinajstić information content (AvgIpc) is 2.98. The monoisotopic (exact) mass is 399 g/mol. The van der Waals surface area contributed by atoms with E-state index in [1.54, 1.807) is 18.2 Å². The number of hydrogen-bond donors (Lipinski definition) is 0. The molecule has 0 atom stereocenters. The Morgan fingerprint density at radius 1 is 1.07 bits per heavy atom. The molecular formula is C21H22ClN3O3. The van der Waals surface area contributed by atoms with Crippen LogP contribution in [0.5, 0.6) is 0 Å². The van der Waals surface area contributed by atoms with Gasteiger partial charge in [-0.15, -0.1) is 0 Å². The zero-order chi connectivity index (χ0) is 19.8. The number of benzene rings is 2. The van der Waals surface area contributed by atoms with Gasteiger partial charge in [-0.1, -0.05) is 23.7 Å². The van der Waals surface area contributed by atoms with Crippen molar-refractivity contribution in [3.05, 3.63) is 63.1 Å². The van der Waals surface area contributed by atoms with E-state index in [2.05, 4.69) is 36.9 Å². The number of piperazine rings is 1. The van der Waals surface area contributed by atoms with Gasteiger partial charge in [0.1, 0.15) is 6.54 Å². The molecule has 0 unspecified atom stereocenters. The van der Waals surface area contributed by atoms with Crippen LogP contribution in [0, 0.1) is 13.8 Å². The minimum Gasteiger partial charge on any atom is -0.408 e. The summed E-state index contributed by atoms with van der Waals surface area (Å²) in [6.45, 7) is 6.96. The van der Waals surface area contributed by atoms with E-state index in [0.29, 0.717) is 29.2 Å². The maximum atomic E-state index is 12.8. The predicted octanol–water partition coefficient (Wildman–Crippen LogP) is 3.21. The van der Waals surface area contributed by atoms with Crippen molar-refractivity contribution in [2.75, 3.05) is 31.1 Å². The highest BCUT2D eigenvalue weighted by Gasteiger charge is 2.23. The van der Waals surface area contributed by atoms with E-state index in [9.17, 15) is 9.59 Å². The van der Waals surface area contributed by atoms with Crippen LogP contribution >= 0.6 is 11.6 Å². The maximum Gasteiger partial charge on any atom is 0.420 e. The third kappa shape index (κ3) is 3.52. The number of carbonyl (C=O) groups excluding carboxylic acids is 1. The lowest BCUT2D eigenvalue weighted by Crippen LogP contribution is -2.50. The largest absolute Gasteiger partial charge is 0.420 e. The Balaban J connectivity index is 1.46. The van der Waals surface area contributed by atoms with Crippen LogP contribution in [0.3, 0.4) is 0 Å². The Kier molecular flexibility index (Phi) is 4.89. The number of oxazole rings is 1. The van der Waals surface area contributed by atoms with Crippen LogP contribution in [-0.2, 0) is 11.3 Å². The van der Waals surface area contributed by atoms with Crippen molar-refractivity contribution in [1.29, 1.82) is 0 Å². The van der Waals surface area contributed by atoms with Gasteiger partial charge in [0.25, 0.3) is 0 Å². The Bertz CT molecular complexity index is 1090. The predicted molar refractivity (Wildman–Crippen MR) is 110 cm³/mol. The molecule has 0 saturated carbocycles. The van der Waals surface area contributed by atoms with E-state index in [1.807, 2.05) is 4.90 Å². The molecule has 1 aliphatic rings. The molecule has 0 N–H and O–H groups in total. The van der Waals surface area contributed by atoms with Crippen molar-refractivity contribution in [2.45, 2.75) is 20.4 Å². The van der Waals surface area contributed by atoms with E-state index in [1.165, 1.54) is 21.4 Å². The molecule has 146 valence electrons. The molecule has 0 spiro atoms. The number of carbonyl (C=O) groups is 1. The molecule has 1 fully saturated rings. The van der Waals surface area contributed by atoms with Crippen LogP contribution in [0.4, 0.5) is 5.69 Å². The normalized spacial score (nSPS) is 14.7. The van der Waals surface area contributed by atoms with E-state index < -0.39 is 5.76 Å². The molecule has 0 radical (unpaired) electrons. The van der Waals surface area contributed by atoms with Crippen LogP contribution in [0.25, 0.3) is 11.1 Å². The van der Waals surface area contributed by atoms with Gasteiger partial charge >= 0.3 is 5.76 Å². The van der Waals surface area contributed by atoms with Crippen LogP contribution in [0.15, 0.2) is 45.6 Å². The van der Waals surface area contributed by atoms with Gasteiger partial charge in [-0.25, -0.2) is 4.79 Å². The maximum absolute atomic E-state index is 12.8. The topological polar surface area (TPSA) is 58.7 Å². The van der Waals surface area contributed by atoms with Gasteiger partial charge in [0.2, 0.25) is 5.91 Å². The Morgan fingerprint density at radius 2 is 1.82 bits per heavy atom. The van der Waals surface area contributed by atoms with Gasteiger partial charge in [0.05, 0.1) is 5.52 Å². The minimum atomic E-state index is -0.542. The number of amides is 1. The summed E-state index contributed by atoms with van der Waals surface area (Å²) in [7, 11) is 0. The van der Waals surface area contributed by atoms with Crippen LogP contribution in [-0.4, -0.2) is 41.6 Å². The smallest absolute Gasteiger partial charge is 0.408 e. The second kappa shape index (κ2) is 7.36. The minimum absolute atomic E-state index is 0.0308. The zero-order valence-electron chi connectivity index (χ0n) is 15.9. The summed E-state index contributed by atoms with van der Waals surface area (Å²) in [6, 6.07) is 11.4. The molecule has 4 rings (SSSR count). The Hall–Kier alpha value is -2.73. The second-order valence-electron chi connectivity index (χ2n) is 7.22. The van der Waals surface area contributed by atoms with Gasteiger partial charge in [-0.05, 0) is 43.2 Å². The number of aryl methyl sites for hydroxylation is 2. The molecule has 0 aliphatic carbocycles. The van der Waals surface area contributed by atoms with Gasteiger partial charge in [0, 0.05) is 43.0 Å². The number of nitrogens with zero attached hydrogens (tertiary/aromatic N) is 3. The molecule has 6 nitrogen and oxygen atoms in total. The highest BCUT2D eigenvalue weighted by Crippen LogP contribution is 2.23. The quantitative estimate of drug-likeness (QED) is 0.678. The van der Waals surface area contributed by atoms with E-state index in [0.717, 1.165) is 13.1 Å².